The fraction of sp³-hybridized carbons (Fsp3) is 0.800. The van der Waals surface area contributed by atoms with E-state index in [1.165, 1.54) is 38.0 Å². The Morgan fingerprint density at radius 2 is 1.95 bits per heavy atom. The van der Waals surface area contributed by atoms with E-state index in [9.17, 15) is 0 Å². The van der Waals surface area contributed by atoms with Gasteiger partial charge in [-0.05, 0) is 52.8 Å². The summed E-state index contributed by atoms with van der Waals surface area (Å²) in [6, 6.07) is 3.79. The van der Waals surface area contributed by atoms with Crippen molar-refractivity contribution in [2.45, 2.75) is 51.7 Å². The molecule has 2 fully saturated rings. The second-order valence-electron chi connectivity index (χ2n) is 6.29. The minimum absolute atomic E-state index is 0.785. The van der Waals surface area contributed by atoms with E-state index < -0.39 is 0 Å². The Morgan fingerprint density at radius 1 is 1.16 bits per heavy atom. The molecule has 1 aromatic heterocycles. The molecule has 0 saturated carbocycles. The van der Waals surface area contributed by atoms with Crippen LogP contribution in [0.2, 0.25) is 0 Å². The predicted octanol–water partition coefficient (Wildman–Crippen LogP) is 1.67. The molecule has 2 bridgehead atoms. The van der Waals surface area contributed by atoms with Gasteiger partial charge in [0.15, 0.2) is 0 Å². The number of rotatable bonds is 3. The monoisotopic (exact) mass is 262 g/mol. The summed E-state index contributed by atoms with van der Waals surface area (Å²) in [5.74, 6) is 0. The zero-order chi connectivity index (χ0) is 13.4. The van der Waals surface area contributed by atoms with E-state index in [4.69, 9.17) is 0 Å². The molecule has 2 atom stereocenters. The van der Waals surface area contributed by atoms with Crippen molar-refractivity contribution in [1.29, 1.82) is 0 Å². The highest BCUT2D eigenvalue weighted by molar-refractivity contribution is 5.06. The van der Waals surface area contributed by atoms with Crippen LogP contribution in [0.25, 0.3) is 0 Å². The zero-order valence-electron chi connectivity index (χ0n) is 12.5. The molecule has 1 aromatic rings. The van der Waals surface area contributed by atoms with Gasteiger partial charge in [-0.1, -0.05) is 0 Å². The summed E-state index contributed by atoms with van der Waals surface area (Å²) in [5, 5.41) is 4.56. The lowest BCUT2D eigenvalue weighted by Gasteiger charge is -2.25. The van der Waals surface area contributed by atoms with Gasteiger partial charge in [0.05, 0.1) is 12.2 Å². The fourth-order valence-electron chi connectivity index (χ4n) is 3.72. The first-order chi connectivity index (χ1) is 9.13. The maximum Gasteiger partial charge on any atom is 0.0596 e. The maximum atomic E-state index is 4.56. The molecule has 3 heterocycles. The summed E-state index contributed by atoms with van der Waals surface area (Å²) in [4.78, 5) is 5.25. The molecule has 2 saturated heterocycles. The molecule has 0 radical (unpaired) electrons. The van der Waals surface area contributed by atoms with Gasteiger partial charge in [0.2, 0.25) is 0 Å². The molecule has 0 spiro atoms. The average Bonchev–Trinajstić information content (AvgIpc) is 2.79. The molecule has 0 amide bonds. The van der Waals surface area contributed by atoms with Crippen molar-refractivity contribution in [1.82, 2.24) is 19.6 Å². The van der Waals surface area contributed by atoms with Crippen LogP contribution in [0.3, 0.4) is 0 Å². The highest BCUT2D eigenvalue weighted by Gasteiger charge is 2.34. The van der Waals surface area contributed by atoms with Crippen LogP contribution in [0.5, 0.6) is 0 Å². The lowest BCUT2D eigenvalue weighted by molar-refractivity contribution is 0.212. The number of likely N-dealkylation sites (N-methyl/N-ethyl adjacent to an activating group) is 1. The van der Waals surface area contributed by atoms with Crippen molar-refractivity contribution in [2.24, 2.45) is 0 Å². The second-order valence-corrected chi connectivity index (χ2v) is 6.29. The topological polar surface area (TPSA) is 24.3 Å². The molecule has 106 valence electrons. The third-order valence-corrected chi connectivity index (χ3v) is 4.96. The first-order valence-electron chi connectivity index (χ1n) is 7.59. The van der Waals surface area contributed by atoms with Crippen LogP contribution in [0.1, 0.15) is 30.7 Å². The van der Waals surface area contributed by atoms with Gasteiger partial charge in [-0.3, -0.25) is 14.5 Å². The van der Waals surface area contributed by atoms with Gasteiger partial charge < -0.3 is 0 Å². The van der Waals surface area contributed by atoms with Crippen LogP contribution < -0.4 is 0 Å². The smallest absolute Gasteiger partial charge is 0.0596 e. The summed E-state index contributed by atoms with van der Waals surface area (Å²) in [6.07, 6.45) is 4.13. The van der Waals surface area contributed by atoms with Crippen LogP contribution in [0, 0.1) is 13.8 Å². The third-order valence-electron chi connectivity index (χ3n) is 4.96. The highest BCUT2D eigenvalue weighted by Crippen LogP contribution is 2.28. The molecule has 0 unspecified atom stereocenters. The minimum atomic E-state index is 0.785. The molecule has 2 aliphatic heterocycles. The largest absolute Gasteiger partial charge is 0.300 e. The number of likely N-dealkylation sites (tertiary alicyclic amines) is 1. The number of aromatic nitrogens is 2. The van der Waals surface area contributed by atoms with Crippen LogP contribution >= 0.6 is 0 Å². The van der Waals surface area contributed by atoms with Crippen LogP contribution in [0.15, 0.2) is 6.07 Å². The quantitative estimate of drug-likeness (QED) is 0.828. The summed E-state index contributed by atoms with van der Waals surface area (Å²) in [6.45, 7) is 8.89. The lowest BCUT2D eigenvalue weighted by atomic mass is 10.1. The molecule has 0 aliphatic carbocycles. The van der Waals surface area contributed by atoms with E-state index in [-0.39, 0.29) is 0 Å². The lowest BCUT2D eigenvalue weighted by Crippen LogP contribution is -2.38. The average molecular weight is 262 g/mol. The van der Waals surface area contributed by atoms with Gasteiger partial charge in [-0.25, -0.2) is 0 Å². The van der Waals surface area contributed by atoms with Gasteiger partial charge in [0.1, 0.15) is 0 Å². The van der Waals surface area contributed by atoms with Gasteiger partial charge in [-0.15, -0.1) is 0 Å². The maximum absolute atomic E-state index is 4.56. The fourth-order valence-corrected chi connectivity index (χ4v) is 3.72. The molecule has 2 aliphatic rings. The Kier molecular flexibility index (Phi) is 3.63. The molecule has 4 heteroatoms. The summed E-state index contributed by atoms with van der Waals surface area (Å²) >= 11 is 0. The van der Waals surface area contributed by atoms with Crippen molar-refractivity contribution in [3.05, 3.63) is 17.5 Å². The van der Waals surface area contributed by atoms with E-state index in [1.54, 1.807) is 0 Å². The summed E-state index contributed by atoms with van der Waals surface area (Å²) in [7, 11) is 2.31. The number of hydrogen-bond acceptors (Lipinski definition) is 3. The van der Waals surface area contributed by atoms with E-state index in [1.807, 2.05) is 0 Å². The third kappa shape index (κ3) is 2.70. The normalized spacial score (nSPS) is 28.8. The van der Waals surface area contributed by atoms with E-state index in [0.717, 1.165) is 30.9 Å². The van der Waals surface area contributed by atoms with Crippen LogP contribution in [0.4, 0.5) is 0 Å². The predicted molar refractivity (Wildman–Crippen MR) is 77.3 cm³/mol. The highest BCUT2D eigenvalue weighted by atomic mass is 15.3. The Balaban J connectivity index is 1.57. The Morgan fingerprint density at radius 3 is 2.68 bits per heavy atom. The van der Waals surface area contributed by atoms with Crippen molar-refractivity contribution in [3.63, 3.8) is 0 Å². The van der Waals surface area contributed by atoms with Gasteiger partial charge in [-0.2, -0.15) is 5.10 Å². The SMILES string of the molecule is Cc1cc(C)n(CCN2CC[C@@H]3CC[C@H](C2)N3C)n1. The molecule has 0 N–H and O–H groups in total. The Labute approximate surface area is 116 Å². The molecular formula is C15H26N4. The molecule has 4 nitrogen and oxygen atoms in total. The first kappa shape index (κ1) is 13.1. The molecule has 0 aromatic carbocycles. The number of nitrogens with zero attached hydrogens (tertiary/aromatic N) is 4. The second kappa shape index (κ2) is 5.25. The Bertz CT molecular complexity index is 439. The van der Waals surface area contributed by atoms with Gasteiger partial charge in [0, 0.05) is 30.9 Å². The van der Waals surface area contributed by atoms with Crippen molar-refractivity contribution in [2.75, 3.05) is 26.7 Å². The van der Waals surface area contributed by atoms with Gasteiger partial charge >= 0.3 is 0 Å². The number of fused-ring (bicyclic) bond motifs is 2. The summed E-state index contributed by atoms with van der Waals surface area (Å²) < 4.78 is 2.15. The van der Waals surface area contributed by atoms with E-state index in [2.05, 4.69) is 46.5 Å². The molecule has 19 heavy (non-hydrogen) atoms. The zero-order valence-corrected chi connectivity index (χ0v) is 12.5. The number of aryl methyl sites for hydroxylation is 2. The van der Waals surface area contributed by atoms with Crippen molar-refractivity contribution >= 4 is 0 Å². The first-order valence-corrected chi connectivity index (χ1v) is 7.59. The van der Waals surface area contributed by atoms with Gasteiger partial charge in [0.25, 0.3) is 0 Å². The van der Waals surface area contributed by atoms with Crippen molar-refractivity contribution in [3.8, 4) is 0 Å². The van der Waals surface area contributed by atoms with Crippen LogP contribution in [-0.2, 0) is 6.54 Å². The van der Waals surface area contributed by atoms with E-state index >= 15 is 0 Å². The molecule has 3 rings (SSSR count). The minimum Gasteiger partial charge on any atom is -0.300 e. The van der Waals surface area contributed by atoms with E-state index in [0.29, 0.717) is 0 Å². The van der Waals surface area contributed by atoms with Crippen molar-refractivity contribution < 1.29 is 0 Å². The Hall–Kier alpha value is -0.870. The standard InChI is InChI=1S/C15H26N4/c1-12-10-13(2)19(16-12)9-8-18-7-6-14-4-5-15(11-18)17(14)3/h10,14-15H,4-9,11H2,1-3H3/t14-,15+/m0/s1. The number of hydrogen-bond donors (Lipinski definition) is 0. The molecular weight excluding hydrogens is 236 g/mol. The summed E-state index contributed by atoms with van der Waals surface area (Å²) in [5.41, 5.74) is 2.41. The van der Waals surface area contributed by atoms with Crippen LogP contribution in [-0.4, -0.2) is 58.3 Å².